The van der Waals surface area contributed by atoms with Crippen LogP contribution < -0.4 is 15.8 Å². The van der Waals surface area contributed by atoms with Crippen molar-refractivity contribution >= 4 is 12.4 Å². The molecule has 2 heterocycles. The van der Waals surface area contributed by atoms with Crippen LogP contribution in [0.25, 0.3) is 0 Å². The van der Waals surface area contributed by atoms with E-state index in [4.69, 9.17) is 10.5 Å². The Kier molecular flexibility index (Phi) is 4.56. The number of halogens is 1. The number of benzene rings is 1. The molecule has 0 spiro atoms. The van der Waals surface area contributed by atoms with E-state index in [9.17, 15) is 0 Å². The molecule has 1 atom stereocenters. The van der Waals surface area contributed by atoms with Gasteiger partial charge < -0.3 is 20.7 Å². The van der Waals surface area contributed by atoms with Gasteiger partial charge in [-0.15, -0.1) is 12.4 Å². The molecule has 3 rings (SSSR count). The minimum absolute atomic E-state index is 0. The van der Waals surface area contributed by atoms with Crippen molar-refractivity contribution in [1.29, 1.82) is 0 Å². The van der Waals surface area contributed by atoms with Crippen molar-refractivity contribution in [2.45, 2.75) is 18.9 Å². The van der Waals surface area contributed by atoms with Crippen LogP contribution >= 0.6 is 12.4 Å². The molecule has 104 valence electrons. The van der Waals surface area contributed by atoms with E-state index in [2.05, 4.69) is 28.5 Å². The summed E-state index contributed by atoms with van der Waals surface area (Å²) in [5.74, 6) is 1.03. The second-order valence-electron chi connectivity index (χ2n) is 4.78. The number of ether oxygens (including phenoxy) is 1. The van der Waals surface area contributed by atoms with Gasteiger partial charge in [-0.1, -0.05) is 18.2 Å². The van der Waals surface area contributed by atoms with Crippen LogP contribution in [0.5, 0.6) is 5.75 Å². The highest BCUT2D eigenvalue weighted by molar-refractivity contribution is 5.85. The molecule has 0 amide bonds. The van der Waals surface area contributed by atoms with Gasteiger partial charge >= 0.3 is 0 Å². The van der Waals surface area contributed by atoms with Gasteiger partial charge in [-0.3, -0.25) is 0 Å². The molecule has 0 radical (unpaired) electrons. The summed E-state index contributed by atoms with van der Waals surface area (Å²) in [5.41, 5.74) is 8.25. The molecule has 0 aromatic heterocycles. The largest absolute Gasteiger partial charge is 0.491 e. The zero-order valence-corrected chi connectivity index (χ0v) is 11.7. The fourth-order valence-electron chi connectivity index (χ4n) is 2.69. The van der Waals surface area contributed by atoms with Gasteiger partial charge in [0, 0.05) is 18.3 Å². The Hall–Kier alpha value is -1.39. The lowest BCUT2D eigenvalue weighted by molar-refractivity contribution is 0.152. The standard InChI is InChI=1S/C14H19N3O.ClH/c15-6-5-12-8-16-10-17(12)13-7-11-3-1-2-4-14(11)18-9-13;/h1-4,8,13,16H,5-7,9-10,15H2;1H/t13-;/m1./s1. The number of nitrogens with two attached hydrogens (primary N) is 1. The van der Waals surface area contributed by atoms with E-state index in [1.54, 1.807) is 0 Å². The fourth-order valence-corrected chi connectivity index (χ4v) is 2.69. The molecule has 3 N–H and O–H groups in total. The van der Waals surface area contributed by atoms with E-state index in [0.29, 0.717) is 12.6 Å². The van der Waals surface area contributed by atoms with Crippen molar-refractivity contribution in [3.63, 3.8) is 0 Å². The second kappa shape index (κ2) is 6.17. The summed E-state index contributed by atoms with van der Waals surface area (Å²) in [6.07, 6.45) is 4.04. The van der Waals surface area contributed by atoms with E-state index >= 15 is 0 Å². The van der Waals surface area contributed by atoms with Crippen molar-refractivity contribution in [3.05, 3.63) is 41.7 Å². The van der Waals surface area contributed by atoms with Gasteiger partial charge in [0.1, 0.15) is 12.4 Å². The Morgan fingerprint density at radius 3 is 3.05 bits per heavy atom. The first-order valence-corrected chi connectivity index (χ1v) is 6.48. The number of rotatable bonds is 3. The van der Waals surface area contributed by atoms with Crippen LogP contribution in [0, 0.1) is 0 Å². The predicted molar refractivity (Wildman–Crippen MR) is 78.3 cm³/mol. The maximum absolute atomic E-state index is 5.85. The van der Waals surface area contributed by atoms with Crippen LogP contribution in [0.1, 0.15) is 12.0 Å². The highest BCUT2D eigenvalue weighted by atomic mass is 35.5. The lowest BCUT2D eigenvalue weighted by atomic mass is 10.0. The molecule has 0 saturated carbocycles. The molecule has 1 aromatic carbocycles. The molecule has 0 saturated heterocycles. The van der Waals surface area contributed by atoms with Crippen LogP contribution in [0.4, 0.5) is 0 Å². The quantitative estimate of drug-likeness (QED) is 0.881. The predicted octanol–water partition coefficient (Wildman–Crippen LogP) is 1.46. The minimum Gasteiger partial charge on any atom is -0.491 e. The normalized spacial score (nSPS) is 20.8. The second-order valence-corrected chi connectivity index (χ2v) is 4.78. The van der Waals surface area contributed by atoms with Crippen LogP contribution in [-0.2, 0) is 6.42 Å². The van der Waals surface area contributed by atoms with E-state index in [0.717, 1.165) is 31.9 Å². The first kappa shape index (κ1) is 14.0. The number of hydrogen-bond donors (Lipinski definition) is 2. The molecule has 5 heteroatoms. The molecule has 0 fully saturated rings. The van der Waals surface area contributed by atoms with Crippen molar-refractivity contribution in [2.75, 3.05) is 19.8 Å². The minimum atomic E-state index is 0. The van der Waals surface area contributed by atoms with Gasteiger partial charge in [0.05, 0.1) is 12.7 Å². The van der Waals surface area contributed by atoms with Crippen LogP contribution in [-0.4, -0.2) is 30.8 Å². The summed E-state index contributed by atoms with van der Waals surface area (Å²) >= 11 is 0. The number of para-hydroxylation sites is 1. The third kappa shape index (κ3) is 2.80. The molecule has 1 aromatic rings. The summed E-state index contributed by atoms with van der Waals surface area (Å²) in [7, 11) is 0. The number of nitrogens with zero attached hydrogens (tertiary/aromatic N) is 1. The van der Waals surface area contributed by atoms with Crippen molar-refractivity contribution in [1.82, 2.24) is 10.2 Å². The Balaban J connectivity index is 0.00000133. The molecule has 4 nitrogen and oxygen atoms in total. The lowest BCUT2D eigenvalue weighted by Gasteiger charge is -2.34. The van der Waals surface area contributed by atoms with E-state index in [1.165, 1.54) is 11.3 Å². The Labute approximate surface area is 120 Å². The monoisotopic (exact) mass is 281 g/mol. The Morgan fingerprint density at radius 2 is 2.21 bits per heavy atom. The topological polar surface area (TPSA) is 50.5 Å². The first-order valence-electron chi connectivity index (χ1n) is 6.48. The third-order valence-electron chi connectivity index (χ3n) is 3.60. The molecule has 2 aliphatic heterocycles. The zero-order chi connectivity index (χ0) is 12.4. The Morgan fingerprint density at radius 1 is 1.37 bits per heavy atom. The summed E-state index contributed by atoms with van der Waals surface area (Å²) in [6, 6.07) is 8.70. The zero-order valence-electron chi connectivity index (χ0n) is 10.8. The van der Waals surface area contributed by atoms with Gasteiger partial charge in [0.2, 0.25) is 0 Å². The summed E-state index contributed by atoms with van der Waals surface area (Å²) in [4.78, 5) is 2.38. The smallest absolute Gasteiger partial charge is 0.122 e. The van der Waals surface area contributed by atoms with Gasteiger partial charge in [0.25, 0.3) is 0 Å². The number of nitrogens with one attached hydrogen (secondary N) is 1. The van der Waals surface area contributed by atoms with Crippen molar-refractivity contribution in [3.8, 4) is 5.75 Å². The average Bonchev–Trinajstić information content (AvgIpc) is 2.87. The molecule has 0 bridgehead atoms. The molecule has 19 heavy (non-hydrogen) atoms. The summed E-state index contributed by atoms with van der Waals surface area (Å²) in [5, 5.41) is 3.28. The molecule has 2 aliphatic rings. The third-order valence-corrected chi connectivity index (χ3v) is 3.60. The van der Waals surface area contributed by atoms with Crippen molar-refractivity contribution in [2.24, 2.45) is 5.73 Å². The Bertz CT molecular complexity index is 464. The lowest BCUT2D eigenvalue weighted by Crippen LogP contribution is -2.43. The van der Waals surface area contributed by atoms with Crippen LogP contribution in [0.3, 0.4) is 0 Å². The molecular formula is C14H20ClN3O. The summed E-state index contributed by atoms with van der Waals surface area (Å²) in [6.45, 7) is 2.31. The van der Waals surface area contributed by atoms with E-state index in [1.807, 2.05) is 12.1 Å². The molecular weight excluding hydrogens is 262 g/mol. The van der Waals surface area contributed by atoms with E-state index in [-0.39, 0.29) is 12.4 Å². The molecule has 0 aliphatic carbocycles. The summed E-state index contributed by atoms with van der Waals surface area (Å²) < 4.78 is 5.85. The average molecular weight is 282 g/mol. The highest BCUT2D eigenvalue weighted by Crippen LogP contribution is 2.28. The fraction of sp³-hybridized carbons (Fsp3) is 0.429. The van der Waals surface area contributed by atoms with E-state index < -0.39 is 0 Å². The maximum atomic E-state index is 5.85. The first-order chi connectivity index (χ1) is 8.88. The highest BCUT2D eigenvalue weighted by Gasteiger charge is 2.28. The van der Waals surface area contributed by atoms with Gasteiger partial charge in [-0.2, -0.15) is 0 Å². The van der Waals surface area contributed by atoms with Gasteiger partial charge in [-0.25, -0.2) is 0 Å². The maximum Gasteiger partial charge on any atom is 0.122 e. The van der Waals surface area contributed by atoms with Gasteiger partial charge in [0.15, 0.2) is 0 Å². The molecule has 0 unspecified atom stereocenters. The number of fused-ring (bicyclic) bond motifs is 1. The van der Waals surface area contributed by atoms with Crippen LogP contribution in [0.2, 0.25) is 0 Å². The van der Waals surface area contributed by atoms with Crippen molar-refractivity contribution < 1.29 is 4.74 Å². The SMILES string of the molecule is Cl.NCCC1=CNCN1[C@H]1COc2ccccc2C1. The van der Waals surface area contributed by atoms with Gasteiger partial charge in [-0.05, 0) is 24.6 Å². The number of hydrogen-bond acceptors (Lipinski definition) is 4. The van der Waals surface area contributed by atoms with Crippen LogP contribution in [0.15, 0.2) is 36.2 Å².